The third-order valence-corrected chi connectivity index (χ3v) is 2.29. The maximum atomic E-state index is 11.2. The molecule has 0 atom stereocenters. The molecule has 0 aliphatic carbocycles. The lowest BCUT2D eigenvalue weighted by Crippen LogP contribution is -2.50. The summed E-state index contributed by atoms with van der Waals surface area (Å²) in [6, 6.07) is 0. The molecule has 1 rings (SSSR count). The largest absolute Gasteiger partial charge is 0.339 e. The van der Waals surface area contributed by atoms with Crippen molar-refractivity contribution in [2.45, 2.75) is 0 Å². The van der Waals surface area contributed by atoms with Crippen LogP contribution in [0, 0.1) is 0 Å². The highest BCUT2D eigenvalue weighted by Crippen LogP contribution is 2.00. The Morgan fingerprint density at radius 2 is 2.00 bits per heavy atom. The number of hydrogen-bond donors (Lipinski definition) is 1. The molecular formula is C9H17N3O. The van der Waals surface area contributed by atoms with Crippen molar-refractivity contribution in [2.75, 3.05) is 39.3 Å². The molecule has 0 spiro atoms. The lowest BCUT2D eigenvalue weighted by Gasteiger charge is -2.33. The van der Waals surface area contributed by atoms with Gasteiger partial charge in [-0.25, -0.2) is 0 Å². The second-order valence-electron chi connectivity index (χ2n) is 3.17. The van der Waals surface area contributed by atoms with Gasteiger partial charge >= 0.3 is 0 Å². The van der Waals surface area contributed by atoms with Crippen LogP contribution < -0.4 is 5.73 Å². The van der Waals surface area contributed by atoms with Gasteiger partial charge in [0.25, 0.3) is 0 Å². The summed E-state index contributed by atoms with van der Waals surface area (Å²) >= 11 is 0. The van der Waals surface area contributed by atoms with Crippen molar-refractivity contribution in [3.63, 3.8) is 0 Å². The summed E-state index contributed by atoms with van der Waals surface area (Å²) in [7, 11) is 0. The molecule has 0 aromatic heterocycles. The summed E-state index contributed by atoms with van der Waals surface area (Å²) in [4.78, 5) is 15.3. The Hall–Kier alpha value is -0.870. The second kappa shape index (κ2) is 4.99. The Morgan fingerprint density at radius 3 is 2.46 bits per heavy atom. The van der Waals surface area contributed by atoms with Gasteiger partial charge in [-0.15, -0.1) is 6.58 Å². The van der Waals surface area contributed by atoms with Crippen molar-refractivity contribution < 1.29 is 4.79 Å². The maximum Gasteiger partial charge on any atom is 0.236 e. The number of nitrogens with two attached hydrogens (primary N) is 1. The van der Waals surface area contributed by atoms with Crippen LogP contribution >= 0.6 is 0 Å². The first kappa shape index (κ1) is 10.2. The summed E-state index contributed by atoms with van der Waals surface area (Å²) in [6.07, 6.45) is 1.89. The highest BCUT2D eigenvalue weighted by molar-refractivity contribution is 5.78. The van der Waals surface area contributed by atoms with Crippen LogP contribution in [0.15, 0.2) is 12.7 Å². The van der Waals surface area contributed by atoms with Gasteiger partial charge in [0.1, 0.15) is 0 Å². The van der Waals surface area contributed by atoms with Crippen LogP contribution in [0.1, 0.15) is 0 Å². The molecule has 0 saturated carbocycles. The number of carbonyl (C=O) groups excluding carboxylic acids is 1. The Kier molecular flexibility index (Phi) is 3.92. The average Bonchev–Trinajstić information content (AvgIpc) is 2.18. The van der Waals surface area contributed by atoms with E-state index in [1.807, 2.05) is 11.0 Å². The first-order chi connectivity index (χ1) is 6.27. The Labute approximate surface area is 79.0 Å². The standard InChI is InChI=1S/C9H17N3O/c1-2-3-11-4-6-12(7-5-11)9(13)8-10/h2H,1,3-8,10H2. The molecule has 0 aromatic rings. The minimum Gasteiger partial charge on any atom is -0.339 e. The van der Waals surface area contributed by atoms with E-state index in [-0.39, 0.29) is 12.5 Å². The summed E-state index contributed by atoms with van der Waals surface area (Å²) in [5.41, 5.74) is 5.28. The summed E-state index contributed by atoms with van der Waals surface area (Å²) in [5, 5.41) is 0. The average molecular weight is 183 g/mol. The topological polar surface area (TPSA) is 49.6 Å². The van der Waals surface area contributed by atoms with Gasteiger partial charge in [0.05, 0.1) is 6.54 Å². The molecule has 74 valence electrons. The van der Waals surface area contributed by atoms with Gasteiger partial charge in [-0.3, -0.25) is 9.69 Å². The molecule has 1 aliphatic rings. The van der Waals surface area contributed by atoms with Gasteiger partial charge in [0.2, 0.25) is 5.91 Å². The molecule has 13 heavy (non-hydrogen) atoms. The van der Waals surface area contributed by atoms with Gasteiger partial charge < -0.3 is 10.6 Å². The monoisotopic (exact) mass is 183 g/mol. The Balaban J connectivity index is 2.30. The molecule has 1 aliphatic heterocycles. The van der Waals surface area contributed by atoms with E-state index in [1.165, 1.54) is 0 Å². The van der Waals surface area contributed by atoms with Gasteiger partial charge in [-0.2, -0.15) is 0 Å². The van der Waals surface area contributed by atoms with E-state index in [0.717, 1.165) is 32.7 Å². The molecule has 0 bridgehead atoms. The summed E-state index contributed by atoms with van der Waals surface area (Å²) in [6.45, 7) is 8.16. The molecule has 0 radical (unpaired) electrons. The zero-order valence-corrected chi connectivity index (χ0v) is 7.91. The molecule has 1 fully saturated rings. The molecule has 1 amide bonds. The maximum absolute atomic E-state index is 11.2. The highest BCUT2D eigenvalue weighted by Gasteiger charge is 2.18. The van der Waals surface area contributed by atoms with Gasteiger partial charge in [0, 0.05) is 32.7 Å². The molecule has 1 heterocycles. The van der Waals surface area contributed by atoms with Crippen molar-refractivity contribution in [3.8, 4) is 0 Å². The Bertz CT molecular complexity index is 185. The number of hydrogen-bond acceptors (Lipinski definition) is 3. The first-order valence-electron chi connectivity index (χ1n) is 4.59. The van der Waals surface area contributed by atoms with E-state index >= 15 is 0 Å². The zero-order valence-electron chi connectivity index (χ0n) is 7.91. The van der Waals surface area contributed by atoms with Crippen LogP contribution in [0.3, 0.4) is 0 Å². The molecule has 4 heteroatoms. The predicted octanol–water partition coefficient (Wildman–Crippen LogP) is -0.725. The zero-order chi connectivity index (χ0) is 9.68. The van der Waals surface area contributed by atoms with Crippen molar-refractivity contribution in [1.29, 1.82) is 0 Å². The number of rotatable bonds is 3. The van der Waals surface area contributed by atoms with Gasteiger partial charge in [-0.1, -0.05) is 6.08 Å². The lowest BCUT2D eigenvalue weighted by molar-refractivity contribution is -0.131. The molecule has 1 saturated heterocycles. The molecule has 2 N–H and O–H groups in total. The molecule has 0 aromatic carbocycles. The van der Waals surface area contributed by atoms with Crippen molar-refractivity contribution in [2.24, 2.45) is 5.73 Å². The van der Waals surface area contributed by atoms with E-state index in [4.69, 9.17) is 5.73 Å². The predicted molar refractivity (Wildman–Crippen MR) is 52.3 cm³/mol. The van der Waals surface area contributed by atoms with Crippen molar-refractivity contribution in [3.05, 3.63) is 12.7 Å². The number of carbonyl (C=O) groups is 1. The first-order valence-corrected chi connectivity index (χ1v) is 4.59. The molecule has 0 unspecified atom stereocenters. The SMILES string of the molecule is C=CCN1CCN(C(=O)CN)CC1. The quantitative estimate of drug-likeness (QED) is 0.587. The number of amides is 1. The van der Waals surface area contributed by atoms with E-state index in [0.29, 0.717) is 0 Å². The van der Waals surface area contributed by atoms with Crippen LogP contribution in [0.4, 0.5) is 0 Å². The minimum atomic E-state index is 0.0539. The lowest BCUT2D eigenvalue weighted by atomic mass is 10.3. The van der Waals surface area contributed by atoms with Gasteiger partial charge in [-0.05, 0) is 0 Å². The third-order valence-electron chi connectivity index (χ3n) is 2.29. The highest BCUT2D eigenvalue weighted by atomic mass is 16.2. The Morgan fingerprint density at radius 1 is 1.38 bits per heavy atom. The molecule has 4 nitrogen and oxygen atoms in total. The smallest absolute Gasteiger partial charge is 0.236 e. The number of piperazine rings is 1. The van der Waals surface area contributed by atoms with E-state index in [2.05, 4.69) is 11.5 Å². The van der Waals surface area contributed by atoms with Crippen LogP contribution in [0.25, 0.3) is 0 Å². The second-order valence-corrected chi connectivity index (χ2v) is 3.17. The fourth-order valence-electron chi connectivity index (χ4n) is 1.49. The van der Waals surface area contributed by atoms with Gasteiger partial charge in [0.15, 0.2) is 0 Å². The van der Waals surface area contributed by atoms with Crippen molar-refractivity contribution in [1.82, 2.24) is 9.80 Å². The van der Waals surface area contributed by atoms with Crippen LogP contribution in [-0.2, 0) is 4.79 Å². The molecular weight excluding hydrogens is 166 g/mol. The van der Waals surface area contributed by atoms with E-state index in [9.17, 15) is 4.79 Å². The fraction of sp³-hybridized carbons (Fsp3) is 0.667. The number of nitrogens with zero attached hydrogens (tertiary/aromatic N) is 2. The third kappa shape index (κ3) is 2.82. The van der Waals surface area contributed by atoms with Crippen molar-refractivity contribution >= 4 is 5.91 Å². The van der Waals surface area contributed by atoms with Crippen LogP contribution in [0.2, 0.25) is 0 Å². The minimum absolute atomic E-state index is 0.0539. The summed E-state index contributed by atoms with van der Waals surface area (Å²) < 4.78 is 0. The summed E-state index contributed by atoms with van der Waals surface area (Å²) in [5.74, 6) is 0.0539. The van der Waals surface area contributed by atoms with E-state index in [1.54, 1.807) is 0 Å². The van der Waals surface area contributed by atoms with E-state index < -0.39 is 0 Å². The van der Waals surface area contributed by atoms with Crippen LogP contribution in [0.5, 0.6) is 0 Å². The fourth-order valence-corrected chi connectivity index (χ4v) is 1.49. The normalized spacial score (nSPS) is 18.7. The van der Waals surface area contributed by atoms with Crippen LogP contribution in [-0.4, -0.2) is 55.0 Å².